The maximum Gasteiger partial charge on any atom is 0.156 e. The van der Waals surface area contributed by atoms with Gasteiger partial charge in [-0.3, -0.25) is 9.98 Å². The first-order valence-corrected chi connectivity index (χ1v) is 8.24. The number of amidine groups is 2. The van der Waals surface area contributed by atoms with E-state index in [9.17, 15) is 0 Å². The zero-order valence-corrected chi connectivity index (χ0v) is 11.7. The number of unbranched alkanes of at least 4 members (excludes halogenated alkanes) is 2. The Morgan fingerprint density at radius 3 is 1.76 bits per heavy atom. The molecule has 0 fully saturated rings. The van der Waals surface area contributed by atoms with E-state index in [2.05, 4.69) is 20.6 Å². The highest BCUT2D eigenvalue weighted by Crippen LogP contribution is 2.12. The van der Waals surface area contributed by atoms with E-state index >= 15 is 0 Å². The highest BCUT2D eigenvalue weighted by molar-refractivity contribution is 8.14. The maximum absolute atomic E-state index is 4.36. The molecule has 0 bridgehead atoms. The molecule has 17 heavy (non-hydrogen) atoms. The Balaban J connectivity index is 1.38. The van der Waals surface area contributed by atoms with Crippen LogP contribution in [0.3, 0.4) is 0 Å². The summed E-state index contributed by atoms with van der Waals surface area (Å²) in [6.45, 7) is 3.95. The van der Waals surface area contributed by atoms with Crippen LogP contribution in [0.1, 0.15) is 19.3 Å². The van der Waals surface area contributed by atoms with Gasteiger partial charge in [0.05, 0.1) is 13.1 Å². The average molecular weight is 272 g/mol. The van der Waals surface area contributed by atoms with Crippen molar-refractivity contribution in [3.8, 4) is 0 Å². The van der Waals surface area contributed by atoms with E-state index in [-0.39, 0.29) is 0 Å². The van der Waals surface area contributed by atoms with Gasteiger partial charge in [0.15, 0.2) is 10.3 Å². The lowest BCUT2D eigenvalue weighted by molar-refractivity contribution is 0.787. The molecule has 2 N–H and O–H groups in total. The summed E-state index contributed by atoms with van der Waals surface area (Å²) in [6.07, 6.45) is 3.87. The van der Waals surface area contributed by atoms with E-state index in [1.54, 1.807) is 0 Å². The number of hydrogen-bond donors (Lipinski definition) is 2. The summed E-state index contributed by atoms with van der Waals surface area (Å²) in [4.78, 5) is 8.72. The van der Waals surface area contributed by atoms with Crippen molar-refractivity contribution in [2.75, 3.05) is 37.7 Å². The fraction of sp³-hybridized carbons (Fsp3) is 0.818. The van der Waals surface area contributed by atoms with Crippen molar-refractivity contribution >= 4 is 33.9 Å². The predicted molar refractivity (Wildman–Crippen MR) is 79.4 cm³/mol. The van der Waals surface area contributed by atoms with Crippen molar-refractivity contribution in [3.63, 3.8) is 0 Å². The molecule has 0 radical (unpaired) electrons. The van der Waals surface area contributed by atoms with Crippen molar-refractivity contribution in [2.45, 2.75) is 19.3 Å². The van der Waals surface area contributed by atoms with Gasteiger partial charge < -0.3 is 10.6 Å². The molecule has 2 aliphatic rings. The van der Waals surface area contributed by atoms with Gasteiger partial charge in [-0.1, -0.05) is 29.9 Å². The SMILES string of the molecule is C(CCSC1=NCCN1)CCSC1=NCCN1. The van der Waals surface area contributed by atoms with Crippen LogP contribution in [0.2, 0.25) is 0 Å². The van der Waals surface area contributed by atoms with E-state index in [0.717, 1.165) is 36.5 Å². The van der Waals surface area contributed by atoms with Crippen molar-refractivity contribution in [1.82, 2.24) is 10.6 Å². The van der Waals surface area contributed by atoms with Crippen LogP contribution in [0.25, 0.3) is 0 Å². The van der Waals surface area contributed by atoms with Gasteiger partial charge in [0.1, 0.15) is 0 Å². The fourth-order valence-corrected chi connectivity index (χ4v) is 3.52. The van der Waals surface area contributed by atoms with Crippen LogP contribution >= 0.6 is 23.5 Å². The second-order valence-corrected chi connectivity index (χ2v) is 6.15. The summed E-state index contributed by atoms with van der Waals surface area (Å²) in [5.41, 5.74) is 0. The van der Waals surface area contributed by atoms with Gasteiger partial charge in [0.2, 0.25) is 0 Å². The molecule has 6 heteroatoms. The summed E-state index contributed by atoms with van der Waals surface area (Å²) in [5, 5.41) is 8.85. The highest BCUT2D eigenvalue weighted by Gasteiger charge is 2.05. The Labute approximate surface area is 112 Å². The molecule has 0 aliphatic carbocycles. The number of thioether (sulfide) groups is 2. The molecule has 0 aromatic heterocycles. The van der Waals surface area contributed by atoms with Gasteiger partial charge in [-0.05, 0) is 12.8 Å². The van der Waals surface area contributed by atoms with E-state index in [0.29, 0.717) is 0 Å². The third-order valence-electron chi connectivity index (χ3n) is 2.55. The molecular weight excluding hydrogens is 252 g/mol. The largest absolute Gasteiger partial charge is 0.363 e. The van der Waals surface area contributed by atoms with Crippen molar-refractivity contribution in [2.24, 2.45) is 9.98 Å². The summed E-state index contributed by atoms with van der Waals surface area (Å²) in [7, 11) is 0. The summed E-state index contributed by atoms with van der Waals surface area (Å²) in [6, 6.07) is 0. The Hall–Kier alpha value is -0.360. The van der Waals surface area contributed by atoms with Crippen molar-refractivity contribution < 1.29 is 0 Å². The maximum atomic E-state index is 4.36. The Bertz CT molecular complexity index is 263. The molecule has 0 atom stereocenters. The zero-order valence-electron chi connectivity index (χ0n) is 10.1. The van der Waals surface area contributed by atoms with Crippen molar-refractivity contribution in [1.29, 1.82) is 0 Å². The Morgan fingerprint density at radius 2 is 1.35 bits per heavy atom. The molecule has 0 spiro atoms. The molecule has 0 aromatic carbocycles. The highest BCUT2D eigenvalue weighted by atomic mass is 32.2. The molecule has 2 heterocycles. The second kappa shape index (κ2) is 7.87. The van der Waals surface area contributed by atoms with E-state index in [4.69, 9.17) is 0 Å². The van der Waals surface area contributed by atoms with Gasteiger partial charge in [-0.25, -0.2) is 0 Å². The lowest BCUT2D eigenvalue weighted by atomic mass is 10.3. The third-order valence-corrected chi connectivity index (χ3v) is 4.63. The van der Waals surface area contributed by atoms with Gasteiger partial charge >= 0.3 is 0 Å². The number of aliphatic imine (C=N–C) groups is 2. The minimum absolute atomic E-state index is 0.952. The first-order valence-electron chi connectivity index (χ1n) is 6.27. The Kier molecular flexibility index (Phi) is 6.05. The molecule has 0 saturated carbocycles. The second-order valence-electron chi connectivity index (χ2n) is 3.98. The average Bonchev–Trinajstić information content (AvgIpc) is 3.00. The van der Waals surface area contributed by atoms with Gasteiger partial charge in [0.25, 0.3) is 0 Å². The molecular formula is C11H20N4S2. The molecule has 0 aromatic rings. The smallest absolute Gasteiger partial charge is 0.156 e. The number of hydrogen-bond acceptors (Lipinski definition) is 6. The van der Waals surface area contributed by atoms with Crippen molar-refractivity contribution in [3.05, 3.63) is 0 Å². The lowest BCUT2D eigenvalue weighted by Crippen LogP contribution is -2.15. The number of nitrogens with zero attached hydrogens (tertiary/aromatic N) is 2. The molecule has 4 nitrogen and oxygen atoms in total. The first-order chi connectivity index (χ1) is 8.45. The van der Waals surface area contributed by atoms with Crippen LogP contribution in [0.5, 0.6) is 0 Å². The van der Waals surface area contributed by atoms with Crippen LogP contribution < -0.4 is 10.6 Å². The summed E-state index contributed by atoms with van der Waals surface area (Å²) in [5.74, 6) is 2.38. The van der Waals surface area contributed by atoms with Crippen LogP contribution in [-0.2, 0) is 0 Å². The number of nitrogens with one attached hydrogen (secondary N) is 2. The van der Waals surface area contributed by atoms with Crippen LogP contribution in [-0.4, -0.2) is 48.0 Å². The van der Waals surface area contributed by atoms with Gasteiger partial charge in [0, 0.05) is 24.6 Å². The normalized spacial score (nSPS) is 18.6. The zero-order chi connectivity index (χ0) is 11.8. The monoisotopic (exact) mass is 272 g/mol. The minimum atomic E-state index is 0.952. The third kappa shape index (κ3) is 5.21. The topological polar surface area (TPSA) is 48.8 Å². The first kappa shape index (κ1) is 13.1. The van der Waals surface area contributed by atoms with Gasteiger partial charge in [-0.15, -0.1) is 0 Å². The molecule has 0 saturated heterocycles. The molecule has 2 aliphatic heterocycles. The summed E-state index contributed by atoms with van der Waals surface area (Å²) >= 11 is 3.73. The van der Waals surface area contributed by atoms with Crippen LogP contribution in [0.4, 0.5) is 0 Å². The molecule has 0 amide bonds. The molecule has 96 valence electrons. The predicted octanol–water partition coefficient (Wildman–Crippen LogP) is 1.54. The quantitative estimate of drug-likeness (QED) is 0.720. The van der Waals surface area contributed by atoms with Crippen LogP contribution in [0, 0.1) is 0 Å². The minimum Gasteiger partial charge on any atom is -0.363 e. The fourth-order valence-electron chi connectivity index (χ4n) is 1.66. The molecule has 0 unspecified atom stereocenters. The summed E-state index contributed by atoms with van der Waals surface area (Å²) < 4.78 is 0. The number of rotatable bonds is 6. The van der Waals surface area contributed by atoms with E-state index < -0.39 is 0 Å². The van der Waals surface area contributed by atoms with Gasteiger partial charge in [-0.2, -0.15) is 0 Å². The Morgan fingerprint density at radius 1 is 0.824 bits per heavy atom. The van der Waals surface area contributed by atoms with Crippen LogP contribution in [0.15, 0.2) is 9.98 Å². The van der Waals surface area contributed by atoms with E-state index in [1.807, 2.05) is 23.5 Å². The van der Waals surface area contributed by atoms with E-state index in [1.165, 1.54) is 30.8 Å². The lowest BCUT2D eigenvalue weighted by Gasteiger charge is -2.03. The standard InChI is InChI=1S/C11H20N4S2/c1(2-8-16-10-12-4-5-13-10)3-9-17-11-14-6-7-15-11/h1-9H2,(H,12,13)(H,14,15). The molecule has 2 rings (SSSR count).